The SMILES string of the molecule is CC(CCN)CCC(=O)N1CCCC1(C)C(=O)O. The third kappa shape index (κ3) is 3.22. The number of amides is 1. The van der Waals surface area contributed by atoms with Crippen molar-refractivity contribution in [3.8, 4) is 0 Å². The van der Waals surface area contributed by atoms with Gasteiger partial charge in [-0.25, -0.2) is 4.79 Å². The van der Waals surface area contributed by atoms with Crippen molar-refractivity contribution in [1.82, 2.24) is 4.90 Å². The molecule has 1 fully saturated rings. The minimum absolute atomic E-state index is 0.0405. The molecular formula is C13H24N2O3. The van der Waals surface area contributed by atoms with Gasteiger partial charge >= 0.3 is 5.97 Å². The van der Waals surface area contributed by atoms with Crippen molar-refractivity contribution in [2.45, 2.75) is 51.5 Å². The molecule has 1 aliphatic heterocycles. The number of carboxylic acids is 1. The van der Waals surface area contributed by atoms with Gasteiger partial charge in [-0.1, -0.05) is 6.92 Å². The lowest BCUT2D eigenvalue weighted by molar-refractivity contribution is -0.155. The van der Waals surface area contributed by atoms with Crippen LogP contribution in [0.1, 0.15) is 46.0 Å². The normalized spacial score (nSPS) is 25.2. The van der Waals surface area contributed by atoms with E-state index in [1.54, 1.807) is 6.92 Å². The zero-order valence-corrected chi connectivity index (χ0v) is 11.3. The van der Waals surface area contributed by atoms with Gasteiger partial charge in [0.25, 0.3) is 0 Å². The van der Waals surface area contributed by atoms with Gasteiger partial charge in [-0.2, -0.15) is 0 Å². The number of rotatable bonds is 6. The minimum Gasteiger partial charge on any atom is -0.480 e. The van der Waals surface area contributed by atoms with E-state index in [0.29, 0.717) is 31.8 Å². The van der Waals surface area contributed by atoms with Crippen molar-refractivity contribution in [1.29, 1.82) is 0 Å². The van der Waals surface area contributed by atoms with Crippen LogP contribution < -0.4 is 5.73 Å². The predicted octanol–water partition coefficient (Wildman–Crippen LogP) is 1.22. The van der Waals surface area contributed by atoms with Gasteiger partial charge in [0.05, 0.1) is 0 Å². The third-order valence-corrected chi connectivity index (χ3v) is 3.91. The van der Waals surface area contributed by atoms with Crippen molar-refractivity contribution in [3.63, 3.8) is 0 Å². The maximum absolute atomic E-state index is 12.1. The Hall–Kier alpha value is -1.10. The van der Waals surface area contributed by atoms with Crippen LogP contribution in [0, 0.1) is 5.92 Å². The summed E-state index contributed by atoms with van der Waals surface area (Å²) < 4.78 is 0. The minimum atomic E-state index is -1.01. The predicted molar refractivity (Wildman–Crippen MR) is 69.1 cm³/mol. The zero-order chi connectivity index (χ0) is 13.8. The molecule has 0 saturated carbocycles. The van der Waals surface area contributed by atoms with Crippen molar-refractivity contribution in [2.24, 2.45) is 11.7 Å². The molecule has 18 heavy (non-hydrogen) atoms. The Morgan fingerprint density at radius 1 is 1.44 bits per heavy atom. The number of hydrogen-bond donors (Lipinski definition) is 2. The molecular weight excluding hydrogens is 232 g/mol. The molecule has 0 radical (unpaired) electrons. The first kappa shape index (κ1) is 15.0. The molecule has 104 valence electrons. The lowest BCUT2D eigenvalue weighted by atomic mass is 9.97. The summed E-state index contributed by atoms with van der Waals surface area (Å²) >= 11 is 0. The van der Waals surface area contributed by atoms with Crippen molar-refractivity contribution < 1.29 is 14.7 Å². The molecule has 1 rings (SSSR count). The van der Waals surface area contributed by atoms with Gasteiger partial charge in [-0.3, -0.25) is 4.79 Å². The number of nitrogens with two attached hydrogens (primary N) is 1. The Kier molecular flexibility index (Phi) is 5.14. The van der Waals surface area contributed by atoms with Gasteiger partial charge in [0.1, 0.15) is 5.54 Å². The van der Waals surface area contributed by atoms with E-state index in [2.05, 4.69) is 6.92 Å². The molecule has 5 heteroatoms. The summed E-state index contributed by atoms with van der Waals surface area (Å²) in [4.78, 5) is 24.9. The molecule has 0 bridgehead atoms. The molecule has 0 aromatic heterocycles. The van der Waals surface area contributed by atoms with Gasteiger partial charge in [-0.05, 0) is 45.1 Å². The summed E-state index contributed by atoms with van der Waals surface area (Å²) in [6.07, 6.45) is 3.43. The Labute approximate surface area is 108 Å². The molecule has 0 aliphatic carbocycles. The summed E-state index contributed by atoms with van der Waals surface area (Å²) in [5.41, 5.74) is 4.46. The molecule has 1 heterocycles. The summed E-state index contributed by atoms with van der Waals surface area (Å²) in [5.74, 6) is -0.526. The number of aliphatic carboxylic acids is 1. The third-order valence-electron chi connectivity index (χ3n) is 3.91. The van der Waals surface area contributed by atoms with Gasteiger partial charge in [0.15, 0.2) is 0 Å². The number of carboxylic acid groups (broad SMARTS) is 1. The maximum atomic E-state index is 12.1. The van der Waals surface area contributed by atoms with Crippen LogP contribution in [0.4, 0.5) is 0 Å². The second kappa shape index (κ2) is 6.18. The Bertz CT molecular complexity index is 319. The van der Waals surface area contributed by atoms with Crippen LogP contribution in [-0.2, 0) is 9.59 Å². The maximum Gasteiger partial charge on any atom is 0.329 e. The van der Waals surface area contributed by atoms with Gasteiger partial charge in [-0.15, -0.1) is 0 Å². The van der Waals surface area contributed by atoms with Gasteiger partial charge < -0.3 is 15.7 Å². The quantitative estimate of drug-likeness (QED) is 0.748. The zero-order valence-electron chi connectivity index (χ0n) is 11.3. The number of likely N-dealkylation sites (tertiary alicyclic amines) is 1. The lowest BCUT2D eigenvalue weighted by Gasteiger charge is -2.31. The van der Waals surface area contributed by atoms with Crippen LogP contribution in [0.25, 0.3) is 0 Å². The summed E-state index contributed by atoms with van der Waals surface area (Å²) in [5, 5.41) is 9.24. The molecule has 3 N–H and O–H groups in total. The average Bonchev–Trinajstić information content (AvgIpc) is 2.70. The first-order valence-electron chi connectivity index (χ1n) is 6.65. The van der Waals surface area contributed by atoms with Gasteiger partial charge in [0, 0.05) is 13.0 Å². The first-order valence-corrected chi connectivity index (χ1v) is 6.65. The van der Waals surface area contributed by atoms with E-state index >= 15 is 0 Å². The van der Waals surface area contributed by atoms with Crippen molar-refractivity contribution in [3.05, 3.63) is 0 Å². The highest BCUT2D eigenvalue weighted by molar-refractivity contribution is 5.87. The Balaban J connectivity index is 2.53. The monoisotopic (exact) mass is 256 g/mol. The second-order valence-electron chi connectivity index (χ2n) is 5.45. The van der Waals surface area contributed by atoms with Gasteiger partial charge in [0.2, 0.25) is 5.91 Å². The molecule has 1 amide bonds. The topological polar surface area (TPSA) is 83.6 Å². The highest BCUT2D eigenvalue weighted by atomic mass is 16.4. The summed E-state index contributed by atoms with van der Waals surface area (Å²) in [7, 11) is 0. The summed E-state index contributed by atoms with van der Waals surface area (Å²) in [6, 6.07) is 0. The van der Waals surface area contributed by atoms with E-state index < -0.39 is 11.5 Å². The van der Waals surface area contributed by atoms with E-state index in [9.17, 15) is 14.7 Å². The van der Waals surface area contributed by atoms with Crippen LogP contribution in [0.15, 0.2) is 0 Å². The Morgan fingerprint density at radius 2 is 2.11 bits per heavy atom. The Morgan fingerprint density at radius 3 is 2.67 bits per heavy atom. The van der Waals surface area contributed by atoms with Crippen LogP contribution in [0.2, 0.25) is 0 Å². The molecule has 0 aromatic rings. The smallest absolute Gasteiger partial charge is 0.329 e. The molecule has 0 aromatic carbocycles. The highest BCUT2D eigenvalue weighted by Gasteiger charge is 2.45. The second-order valence-corrected chi connectivity index (χ2v) is 5.45. The first-order chi connectivity index (χ1) is 8.41. The average molecular weight is 256 g/mol. The van der Waals surface area contributed by atoms with Crippen LogP contribution in [0.5, 0.6) is 0 Å². The largest absolute Gasteiger partial charge is 0.480 e. The molecule has 2 unspecified atom stereocenters. The van der Waals surface area contributed by atoms with Crippen molar-refractivity contribution in [2.75, 3.05) is 13.1 Å². The van der Waals surface area contributed by atoms with E-state index in [-0.39, 0.29) is 5.91 Å². The fraction of sp³-hybridized carbons (Fsp3) is 0.846. The van der Waals surface area contributed by atoms with E-state index in [0.717, 1.165) is 19.3 Å². The molecule has 1 aliphatic rings. The van der Waals surface area contributed by atoms with E-state index in [4.69, 9.17) is 5.73 Å². The molecule has 5 nitrogen and oxygen atoms in total. The van der Waals surface area contributed by atoms with E-state index in [1.165, 1.54) is 4.90 Å². The molecule has 2 atom stereocenters. The van der Waals surface area contributed by atoms with Crippen LogP contribution >= 0.6 is 0 Å². The number of nitrogens with zero attached hydrogens (tertiary/aromatic N) is 1. The fourth-order valence-corrected chi connectivity index (χ4v) is 2.52. The number of carbonyl (C=O) groups is 2. The highest BCUT2D eigenvalue weighted by Crippen LogP contribution is 2.30. The number of carbonyl (C=O) groups excluding carboxylic acids is 1. The molecule has 1 saturated heterocycles. The molecule has 0 spiro atoms. The lowest BCUT2D eigenvalue weighted by Crippen LogP contribution is -2.50. The van der Waals surface area contributed by atoms with E-state index in [1.807, 2.05) is 0 Å². The number of hydrogen-bond acceptors (Lipinski definition) is 3. The standard InChI is InChI=1S/C13H24N2O3/c1-10(6-8-14)4-5-11(16)15-9-3-7-13(15,2)12(17)18/h10H,3-9,14H2,1-2H3,(H,17,18). The summed E-state index contributed by atoms with van der Waals surface area (Å²) in [6.45, 7) is 4.91. The van der Waals surface area contributed by atoms with Crippen molar-refractivity contribution >= 4 is 11.9 Å². The fourth-order valence-electron chi connectivity index (χ4n) is 2.52. The van der Waals surface area contributed by atoms with Crippen LogP contribution in [-0.4, -0.2) is 40.5 Å². The van der Waals surface area contributed by atoms with Crippen LogP contribution in [0.3, 0.4) is 0 Å².